The first-order valence-electron chi connectivity index (χ1n) is 6.83. The van der Waals surface area contributed by atoms with Gasteiger partial charge in [-0.05, 0) is 38.1 Å². The third kappa shape index (κ3) is 2.71. The number of imidazole rings is 1. The summed E-state index contributed by atoms with van der Waals surface area (Å²) >= 11 is 0. The van der Waals surface area contributed by atoms with Crippen LogP contribution in [0, 0.1) is 13.8 Å². The molecule has 0 aliphatic carbocycles. The van der Waals surface area contributed by atoms with Crippen LogP contribution in [0.3, 0.4) is 0 Å². The number of nitrogens with one attached hydrogen (secondary N) is 1. The van der Waals surface area contributed by atoms with E-state index >= 15 is 0 Å². The first-order chi connectivity index (χ1) is 10.6. The van der Waals surface area contributed by atoms with Crippen molar-refractivity contribution in [2.45, 2.75) is 13.8 Å². The molecule has 3 rings (SSSR count). The van der Waals surface area contributed by atoms with Crippen LogP contribution in [-0.4, -0.2) is 25.4 Å². The maximum atomic E-state index is 12.0. The van der Waals surface area contributed by atoms with Crippen molar-refractivity contribution >= 4 is 11.6 Å². The summed E-state index contributed by atoms with van der Waals surface area (Å²) in [5.74, 6) is -0.282. The average molecular weight is 293 g/mol. The fourth-order valence-electron chi connectivity index (χ4n) is 2.08. The third-order valence-electron chi connectivity index (χ3n) is 3.45. The molecule has 2 aromatic heterocycles. The molecule has 0 saturated heterocycles. The van der Waals surface area contributed by atoms with Crippen molar-refractivity contribution in [3.8, 4) is 5.69 Å². The Morgan fingerprint density at radius 1 is 1.09 bits per heavy atom. The lowest BCUT2D eigenvalue weighted by molar-refractivity contribution is 0.102. The molecule has 22 heavy (non-hydrogen) atoms. The molecule has 0 unspecified atom stereocenters. The van der Waals surface area contributed by atoms with Gasteiger partial charge in [-0.25, -0.2) is 9.97 Å². The van der Waals surface area contributed by atoms with E-state index < -0.39 is 0 Å². The summed E-state index contributed by atoms with van der Waals surface area (Å²) in [6.45, 7) is 3.99. The molecule has 6 nitrogen and oxygen atoms in total. The number of aromatic nitrogens is 4. The highest BCUT2D eigenvalue weighted by molar-refractivity contribution is 6.02. The minimum atomic E-state index is -0.282. The molecule has 0 aliphatic rings. The highest BCUT2D eigenvalue weighted by Gasteiger charge is 2.08. The second kappa shape index (κ2) is 5.77. The van der Waals surface area contributed by atoms with E-state index in [1.807, 2.05) is 42.7 Å². The predicted octanol–water partition coefficient (Wildman–Crippen LogP) is 2.53. The number of rotatable bonds is 3. The van der Waals surface area contributed by atoms with Crippen LogP contribution in [0.5, 0.6) is 0 Å². The normalized spacial score (nSPS) is 10.5. The zero-order valence-corrected chi connectivity index (χ0v) is 12.3. The van der Waals surface area contributed by atoms with Gasteiger partial charge in [-0.3, -0.25) is 9.78 Å². The van der Waals surface area contributed by atoms with Gasteiger partial charge in [0.25, 0.3) is 5.91 Å². The lowest BCUT2D eigenvalue weighted by Crippen LogP contribution is -2.13. The number of anilines is 1. The molecule has 1 amide bonds. The van der Waals surface area contributed by atoms with Crippen LogP contribution < -0.4 is 5.32 Å². The van der Waals surface area contributed by atoms with Crippen molar-refractivity contribution in [2.24, 2.45) is 0 Å². The Bertz CT molecular complexity index is 793. The van der Waals surface area contributed by atoms with Gasteiger partial charge in [0.15, 0.2) is 0 Å². The van der Waals surface area contributed by atoms with E-state index in [0.717, 1.165) is 17.1 Å². The molecule has 0 aliphatic heterocycles. The summed E-state index contributed by atoms with van der Waals surface area (Å²) in [6.07, 6.45) is 6.24. The second-order valence-electron chi connectivity index (χ2n) is 4.88. The third-order valence-corrected chi connectivity index (χ3v) is 3.45. The summed E-state index contributed by atoms with van der Waals surface area (Å²) in [4.78, 5) is 24.1. The Hall–Kier alpha value is -3.02. The molecule has 3 aromatic rings. The minimum absolute atomic E-state index is 0.282. The van der Waals surface area contributed by atoms with Gasteiger partial charge in [0.1, 0.15) is 5.69 Å². The number of hydrogen-bond donors (Lipinski definition) is 1. The predicted molar refractivity (Wildman–Crippen MR) is 83.0 cm³/mol. The number of hydrogen-bond acceptors (Lipinski definition) is 4. The van der Waals surface area contributed by atoms with E-state index in [2.05, 4.69) is 20.3 Å². The molecule has 2 heterocycles. The van der Waals surface area contributed by atoms with Gasteiger partial charge in [0.2, 0.25) is 0 Å². The first kappa shape index (κ1) is 13.9. The molecular weight excluding hydrogens is 278 g/mol. The molecule has 0 radical (unpaired) electrons. The summed E-state index contributed by atoms with van der Waals surface area (Å²) in [7, 11) is 0. The van der Waals surface area contributed by atoms with E-state index in [1.54, 1.807) is 6.33 Å². The van der Waals surface area contributed by atoms with Crippen molar-refractivity contribution in [1.82, 2.24) is 19.5 Å². The number of aryl methyl sites for hydroxylation is 1. The summed E-state index contributed by atoms with van der Waals surface area (Å²) in [6, 6.07) is 7.55. The number of amides is 1. The average Bonchev–Trinajstić information content (AvgIpc) is 2.89. The molecule has 0 bridgehead atoms. The Balaban J connectivity index is 1.77. The van der Waals surface area contributed by atoms with Gasteiger partial charge >= 0.3 is 0 Å². The van der Waals surface area contributed by atoms with Crippen LogP contribution in [0.1, 0.15) is 21.9 Å². The van der Waals surface area contributed by atoms with E-state index in [1.165, 1.54) is 18.6 Å². The molecule has 0 atom stereocenters. The van der Waals surface area contributed by atoms with Gasteiger partial charge in [0.05, 0.1) is 18.2 Å². The second-order valence-corrected chi connectivity index (χ2v) is 4.88. The molecule has 0 spiro atoms. The maximum Gasteiger partial charge on any atom is 0.275 e. The van der Waals surface area contributed by atoms with Gasteiger partial charge in [0, 0.05) is 29.5 Å². The van der Waals surface area contributed by atoms with Crippen LogP contribution in [0.15, 0.2) is 49.2 Å². The Morgan fingerprint density at radius 2 is 1.86 bits per heavy atom. The smallest absolute Gasteiger partial charge is 0.275 e. The Labute approximate surface area is 127 Å². The number of carbonyl (C=O) groups excluding carboxylic acids is 1. The molecule has 1 aromatic carbocycles. The van der Waals surface area contributed by atoms with E-state index in [-0.39, 0.29) is 11.6 Å². The summed E-state index contributed by atoms with van der Waals surface area (Å²) in [5, 5.41) is 2.79. The van der Waals surface area contributed by atoms with Crippen LogP contribution in [-0.2, 0) is 0 Å². The maximum absolute atomic E-state index is 12.0. The van der Waals surface area contributed by atoms with Crippen molar-refractivity contribution in [3.05, 3.63) is 66.3 Å². The lowest BCUT2D eigenvalue weighted by Gasteiger charge is -2.08. The lowest BCUT2D eigenvalue weighted by atomic mass is 10.2. The fraction of sp³-hybridized carbons (Fsp3) is 0.125. The van der Waals surface area contributed by atoms with Gasteiger partial charge in [-0.2, -0.15) is 0 Å². The fourth-order valence-corrected chi connectivity index (χ4v) is 2.08. The molecule has 0 saturated carbocycles. The van der Waals surface area contributed by atoms with Crippen LogP contribution >= 0.6 is 0 Å². The zero-order valence-electron chi connectivity index (χ0n) is 12.3. The number of nitrogens with zero attached hydrogens (tertiary/aromatic N) is 4. The van der Waals surface area contributed by atoms with Crippen molar-refractivity contribution in [3.63, 3.8) is 0 Å². The Kier molecular flexibility index (Phi) is 3.65. The quantitative estimate of drug-likeness (QED) is 0.805. The van der Waals surface area contributed by atoms with E-state index in [9.17, 15) is 4.79 Å². The minimum Gasteiger partial charge on any atom is -0.321 e. The van der Waals surface area contributed by atoms with Crippen LogP contribution in [0.4, 0.5) is 5.69 Å². The molecule has 6 heteroatoms. The summed E-state index contributed by atoms with van der Waals surface area (Å²) < 4.78 is 2.00. The Morgan fingerprint density at radius 3 is 2.45 bits per heavy atom. The monoisotopic (exact) mass is 293 g/mol. The van der Waals surface area contributed by atoms with E-state index in [0.29, 0.717) is 5.69 Å². The van der Waals surface area contributed by atoms with Crippen molar-refractivity contribution < 1.29 is 4.79 Å². The molecule has 1 N–H and O–H groups in total. The van der Waals surface area contributed by atoms with Gasteiger partial charge in [-0.15, -0.1) is 0 Å². The number of benzene rings is 1. The standard InChI is InChI=1S/C16H15N5O/c1-11-12(2)21(10-19-11)14-5-3-13(4-6-14)20-16(22)15-9-17-7-8-18-15/h3-10H,1-2H3,(H,20,22). The molecular formula is C16H15N5O. The number of carbonyl (C=O) groups is 1. The van der Waals surface area contributed by atoms with Crippen LogP contribution in [0.25, 0.3) is 5.69 Å². The molecule has 0 fully saturated rings. The first-order valence-corrected chi connectivity index (χ1v) is 6.83. The van der Waals surface area contributed by atoms with Crippen LogP contribution in [0.2, 0.25) is 0 Å². The topological polar surface area (TPSA) is 72.7 Å². The molecule has 110 valence electrons. The zero-order chi connectivity index (χ0) is 15.5. The largest absolute Gasteiger partial charge is 0.321 e. The highest BCUT2D eigenvalue weighted by Crippen LogP contribution is 2.17. The SMILES string of the molecule is Cc1ncn(-c2ccc(NC(=O)c3cnccn3)cc2)c1C. The van der Waals surface area contributed by atoms with Gasteiger partial charge in [-0.1, -0.05) is 0 Å². The van der Waals surface area contributed by atoms with Crippen molar-refractivity contribution in [2.75, 3.05) is 5.32 Å². The summed E-state index contributed by atoms with van der Waals surface area (Å²) in [5.41, 5.74) is 4.08. The van der Waals surface area contributed by atoms with Gasteiger partial charge < -0.3 is 9.88 Å². The highest BCUT2D eigenvalue weighted by atomic mass is 16.1. The van der Waals surface area contributed by atoms with E-state index in [4.69, 9.17) is 0 Å². The van der Waals surface area contributed by atoms with Crippen molar-refractivity contribution in [1.29, 1.82) is 0 Å².